The molecule has 3 rings (SSSR count). The lowest BCUT2D eigenvalue weighted by Gasteiger charge is -2.20. The number of benzene rings is 1. The molecule has 2 aromatic rings. The van der Waals surface area contributed by atoms with E-state index < -0.39 is 11.7 Å². The molecule has 5 nitrogen and oxygen atoms in total. The molecule has 5 heteroatoms. The van der Waals surface area contributed by atoms with Crippen LogP contribution >= 0.6 is 0 Å². The van der Waals surface area contributed by atoms with Crippen molar-refractivity contribution in [2.24, 2.45) is 0 Å². The molecule has 2 N–H and O–H groups in total. The second-order valence-electron chi connectivity index (χ2n) is 7.53. The molecule has 1 aliphatic carbocycles. The second kappa shape index (κ2) is 6.92. The number of anilines is 1. The summed E-state index contributed by atoms with van der Waals surface area (Å²) in [6.07, 6.45) is 1.62. The Kier molecular flexibility index (Phi) is 4.86. The van der Waals surface area contributed by atoms with Gasteiger partial charge in [0, 0.05) is 11.7 Å². The molecule has 1 heterocycles. The Morgan fingerprint density at radius 2 is 2.08 bits per heavy atom. The Labute approximate surface area is 148 Å². The Morgan fingerprint density at radius 1 is 1.28 bits per heavy atom. The zero-order chi connectivity index (χ0) is 18.0. The maximum Gasteiger partial charge on any atom is 0.412 e. The molecule has 1 aromatic heterocycles. The second-order valence-corrected chi connectivity index (χ2v) is 7.53. The van der Waals surface area contributed by atoms with Gasteiger partial charge < -0.3 is 14.5 Å². The first-order valence-electron chi connectivity index (χ1n) is 8.72. The fourth-order valence-electron chi connectivity index (χ4n) is 3.13. The van der Waals surface area contributed by atoms with E-state index in [0.717, 1.165) is 36.6 Å². The van der Waals surface area contributed by atoms with Crippen LogP contribution in [-0.2, 0) is 17.7 Å². The maximum atomic E-state index is 11.9. The molecule has 1 unspecified atom stereocenters. The van der Waals surface area contributed by atoms with Crippen molar-refractivity contribution < 1.29 is 13.9 Å². The third kappa shape index (κ3) is 4.63. The monoisotopic (exact) mass is 342 g/mol. The number of fused-ring (bicyclic) bond motifs is 1. The zero-order valence-electron chi connectivity index (χ0n) is 15.3. The van der Waals surface area contributed by atoms with Gasteiger partial charge in [0.2, 0.25) is 0 Å². The van der Waals surface area contributed by atoms with Crippen LogP contribution < -0.4 is 10.6 Å². The summed E-state index contributed by atoms with van der Waals surface area (Å²) < 4.78 is 10.9. The minimum atomic E-state index is -0.500. The summed E-state index contributed by atoms with van der Waals surface area (Å²) in [5.74, 6) is 1.88. The molecule has 25 heavy (non-hydrogen) atoms. The van der Waals surface area contributed by atoms with Gasteiger partial charge in [-0.15, -0.1) is 0 Å². The number of aryl methyl sites for hydroxylation is 2. The Bertz CT molecular complexity index is 759. The summed E-state index contributed by atoms with van der Waals surface area (Å²) in [5, 5.41) is 6.36. The number of hydrogen-bond acceptors (Lipinski definition) is 4. The van der Waals surface area contributed by atoms with Gasteiger partial charge >= 0.3 is 6.09 Å². The standard InChI is InChI=1S/C20H26N2O3/c1-13-5-8-16(24-13)12-21-18-10-6-14-11-15(7-9-17(14)18)22-19(23)25-20(2,3)4/h5,7-9,11,18,21H,6,10,12H2,1-4H3,(H,22,23). The molecule has 1 aliphatic rings. The van der Waals surface area contributed by atoms with Crippen molar-refractivity contribution in [1.29, 1.82) is 0 Å². The van der Waals surface area contributed by atoms with Gasteiger partial charge in [0.1, 0.15) is 17.1 Å². The van der Waals surface area contributed by atoms with Crippen LogP contribution in [0.2, 0.25) is 0 Å². The van der Waals surface area contributed by atoms with E-state index >= 15 is 0 Å². The van der Waals surface area contributed by atoms with Gasteiger partial charge in [-0.1, -0.05) is 6.07 Å². The van der Waals surface area contributed by atoms with Crippen molar-refractivity contribution in [1.82, 2.24) is 5.32 Å². The van der Waals surface area contributed by atoms with Crippen LogP contribution in [-0.4, -0.2) is 11.7 Å². The first-order chi connectivity index (χ1) is 11.8. The number of ether oxygens (including phenoxy) is 1. The topological polar surface area (TPSA) is 63.5 Å². The predicted molar refractivity (Wildman–Crippen MR) is 97.6 cm³/mol. The Balaban J connectivity index is 1.61. The molecule has 1 amide bonds. The summed E-state index contributed by atoms with van der Waals surface area (Å²) in [7, 11) is 0. The number of furan rings is 1. The van der Waals surface area contributed by atoms with E-state index in [1.165, 1.54) is 11.1 Å². The van der Waals surface area contributed by atoms with Gasteiger partial charge in [-0.3, -0.25) is 5.32 Å². The minimum Gasteiger partial charge on any atom is -0.465 e. The molecule has 0 bridgehead atoms. The smallest absolute Gasteiger partial charge is 0.412 e. The van der Waals surface area contributed by atoms with Crippen LogP contribution in [0.15, 0.2) is 34.7 Å². The Morgan fingerprint density at radius 3 is 2.76 bits per heavy atom. The van der Waals surface area contributed by atoms with E-state index in [0.29, 0.717) is 6.04 Å². The highest BCUT2D eigenvalue weighted by Gasteiger charge is 2.23. The lowest BCUT2D eigenvalue weighted by atomic mass is 10.1. The van der Waals surface area contributed by atoms with Gasteiger partial charge in [0.15, 0.2) is 0 Å². The molecular weight excluding hydrogens is 316 g/mol. The number of carbonyl (C=O) groups excluding carboxylic acids is 1. The van der Waals surface area contributed by atoms with Gasteiger partial charge in [-0.25, -0.2) is 4.79 Å². The largest absolute Gasteiger partial charge is 0.465 e. The molecular formula is C20H26N2O3. The van der Waals surface area contributed by atoms with Gasteiger partial charge in [0.05, 0.1) is 6.54 Å². The van der Waals surface area contributed by atoms with Crippen molar-refractivity contribution in [3.8, 4) is 0 Å². The number of amides is 1. The highest BCUT2D eigenvalue weighted by molar-refractivity contribution is 5.85. The molecule has 1 atom stereocenters. The van der Waals surface area contributed by atoms with E-state index in [9.17, 15) is 4.79 Å². The van der Waals surface area contributed by atoms with Gasteiger partial charge in [-0.2, -0.15) is 0 Å². The van der Waals surface area contributed by atoms with Crippen molar-refractivity contribution in [3.63, 3.8) is 0 Å². The molecule has 0 saturated heterocycles. The minimum absolute atomic E-state index is 0.316. The van der Waals surface area contributed by atoms with Gasteiger partial charge in [-0.05, 0) is 75.9 Å². The number of hydrogen-bond donors (Lipinski definition) is 2. The van der Waals surface area contributed by atoms with Gasteiger partial charge in [0.25, 0.3) is 0 Å². The summed E-state index contributed by atoms with van der Waals surface area (Å²) in [4.78, 5) is 11.9. The highest BCUT2D eigenvalue weighted by Crippen LogP contribution is 2.33. The molecule has 0 radical (unpaired) electrons. The maximum absolute atomic E-state index is 11.9. The van der Waals surface area contributed by atoms with Crippen molar-refractivity contribution in [3.05, 3.63) is 53.0 Å². The van der Waals surface area contributed by atoms with E-state index in [1.54, 1.807) is 0 Å². The van der Waals surface area contributed by atoms with Crippen LogP contribution in [0.1, 0.15) is 55.9 Å². The number of nitrogens with one attached hydrogen (secondary N) is 2. The molecule has 0 aliphatic heterocycles. The Hall–Kier alpha value is -2.27. The molecule has 0 fully saturated rings. The fraction of sp³-hybridized carbons (Fsp3) is 0.450. The predicted octanol–water partition coefficient (Wildman–Crippen LogP) is 4.71. The molecule has 1 aromatic carbocycles. The normalized spacial score (nSPS) is 16.6. The summed E-state index contributed by atoms with van der Waals surface area (Å²) in [5.41, 5.74) is 2.83. The van der Waals surface area contributed by atoms with Crippen LogP contribution in [0.5, 0.6) is 0 Å². The van der Waals surface area contributed by atoms with E-state index in [-0.39, 0.29) is 0 Å². The van der Waals surface area contributed by atoms with Crippen molar-refractivity contribution in [2.75, 3.05) is 5.32 Å². The van der Waals surface area contributed by atoms with Crippen LogP contribution in [0.25, 0.3) is 0 Å². The third-order valence-corrected chi connectivity index (χ3v) is 4.18. The third-order valence-electron chi connectivity index (χ3n) is 4.18. The summed E-state index contributed by atoms with van der Waals surface area (Å²) in [6.45, 7) is 8.23. The number of rotatable bonds is 4. The first-order valence-corrected chi connectivity index (χ1v) is 8.72. The van der Waals surface area contributed by atoms with E-state index in [4.69, 9.17) is 9.15 Å². The molecule has 134 valence electrons. The number of carbonyl (C=O) groups is 1. The summed E-state index contributed by atoms with van der Waals surface area (Å²) >= 11 is 0. The average molecular weight is 342 g/mol. The zero-order valence-corrected chi connectivity index (χ0v) is 15.3. The van der Waals surface area contributed by atoms with E-state index in [1.807, 2.05) is 52.0 Å². The van der Waals surface area contributed by atoms with Crippen molar-refractivity contribution >= 4 is 11.8 Å². The van der Waals surface area contributed by atoms with E-state index in [2.05, 4.69) is 16.7 Å². The summed E-state index contributed by atoms with van der Waals surface area (Å²) in [6, 6.07) is 10.4. The highest BCUT2D eigenvalue weighted by atomic mass is 16.6. The quantitative estimate of drug-likeness (QED) is 0.844. The average Bonchev–Trinajstić information content (AvgIpc) is 3.09. The van der Waals surface area contributed by atoms with Crippen molar-refractivity contribution in [2.45, 2.75) is 58.7 Å². The van der Waals surface area contributed by atoms with Crippen LogP contribution in [0.3, 0.4) is 0 Å². The molecule has 0 spiro atoms. The van der Waals surface area contributed by atoms with Crippen LogP contribution in [0, 0.1) is 6.92 Å². The SMILES string of the molecule is Cc1ccc(CNC2CCc3cc(NC(=O)OC(C)(C)C)ccc32)o1. The van der Waals surface area contributed by atoms with Crippen LogP contribution in [0.4, 0.5) is 10.5 Å². The molecule has 0 saturated carbocycles. The lowest BCUT2D eigenvalue weighted by molar-refractivity contribution is 0.0636. The first kappa shape index (κ1) is 17.5. The fourth-order valence-corrected chi connectivity index (χ4v) is 3.13. The lowest BCUT2D eigenvalue weighted by Crippen LogP contribution is -2.27.